The maximum Gasteiger partial charge on any atom is 0.330 e. The Hall–Kier alpha value is -1.64. The summed E-state index contributed by atoms with van der Waals surface area (Å²) < 4.78 is 16.7. The lowest BCUT2D eigenvalue weighted by atomic mass is 10.1. The zero-order chi connectivity index (χ0) is 10.4. The third-order valence-electron chi connectivity index (χ3n) is 1.72. The second kappa shape index (κ2) is 5.17. The Labute approximate surface area is 82.0 Å². The van der Waals surface area contributed by atoms with Gasteiger partial charge in [0.05, 0.1) is 7.11 Å². The van der Waals surface area contributed by atoms with E-state index in [1.54, 1.807) is 30.3 Å². The summed E-state index contributed by atoms with van der Waals surface area (Å²) >= 11 is 0. The molecule has 74 valence electrons. The zero-order valence-electron chi connectivity index (χ0n) is 7.87. The Balaban J connectivity index is 2.76. The number of hydrogen-bond acceptors (Lipinski definition) is 2. The van der Waals surface area contributed by atoms with Crippen LogP contribution in [-0.2, 0) is 16.2 Å². The highest BCUT2D eigenvalue weighted by atomic mass is 19.1. The van der Waals surface area contributed by atoms with Gasteiger partial charge in [-0.25, -0.2) is 9.18 Å². The van der Waals surface area contributed by atoms with Crippen molar-refractivity contribution in [2.45, 2.75) is 6.67 Å². The monoisotopic (exact) mass is 194 g/mol. The number of benzene rings is 1. The summed E-state index contributed by atoms with van der Waals surface area (Å²) in [5.74, 6) is -0.421. The molecular weight excluding hydrogens is 183 g/mol. The average Bonchev–Trinajstić information content (AvgIpc) is 2.26. The number of hydrogen-bond donors (Lipinski definition) is 0. The molecule has 2 nitrogen and oxygen atoms in total. The molecule has 0 aliphatic heterocycles. The molecule has 0 aliphatic carbocycles. The van der Waals surface area contributed by atoms with E-state index in [4.69, 9.17) is 0 Å². The molecule has 0 amide bonds. The number of alkyl halides is 1. The minimum Gasteiger partial charge on any atom is -0.466 e. The van der Waals surface area contributed by atoms with E-state index < -0.39 is 12.6 Å². The summed E-state index contributed by atoms with van der Waals surface area (Å²) in [5, 5.41) is 0. The van der Waals surface area contributed by atoms with Crippen molar-refractivity contribution in [3.05, 3.63) is 41.5 Å². The quantitative estimate of drug-likeness (QED) is 0.545. The van der Waals surface area contributed by atoms with Crippen molar-refractivity contribution in [3.63, 3.8) is 0 Å². The molecule has 0 spiro atoms. The van der Waals surface area contributed by atoms with E-state index in [1.807, 2.05) is 0 Å². The number of halogens is 1. The lowest BCUT2D eigenvalue weighted by Crippen LogP contribution is -1.93. The molecule has 1 aromatic carbocycles. The molecule has 0 radical (unpaired) electrons. The van der Waals surface area contributed by atoms with Crippen molar-refractivity contribution >= 4 is 12.0 Å². The third kappa shape index (κ3) is 3.01. The van der Waals surface area contributed by atoms with Gasteiger partial charge in [-0.3, -0.25) is 0 Å². The normalized spacial score (nSPS) is 10.4. The Kier molecular flexibility index (Phi) is 3.85. The fourth-order valence-electron chi connectivity index (χ4n) is 1.01. The van der Waals surface area contributed by atoms with E-state index in [9.17, 15) is 9.18 Å². The van der Waals surface area contributed by atoms with Crippen LogP contribution >= 0.6 is 0 Å². The van der Waals surface area contributed by atoms with Crippen LogP contribution in [0, 0.1) is 0 Å². The molecule has 0 aliphatic rings. The van der Waals surface area contributed by atoms with Crippen molar-refractivity contribution in [1.82, 2.24) is 0 Å². The molecular formula is C11H11FO2. The van der Waals surface area contributed by atoms with Gasteiger partial charge < -0.3 is 4.74 Å². The topological polar surface area (TPSA) is 26.3 Å². The summed E-state index contributed by atoms with van der Waals surface area (Å²) in [7, 11) is 1.31. The van der Waals surface area contributed by atoms with Gasteiger partial charge in [0, 0.05) is 6.08 Å². The van der Waals surface area contributed by atoms with Crippen LogP contribution in [0.25, 0.3) is 6.08 Å². The van der Waals surface area contributed by atoms with Crippen LogP contribution in [-0.4, -0.2) is 13.1 Å². The Bertz CT molecular complexity index is 345. The largest absolute Gasteiger partial charge is 0.466 e. The third-order valence-corrected chi connectivity index (χ3v) is 1.72. The first-order chi connectivity index (χ1) is 6.76. The molecule has 0 unspecified atom stereocenters. The van der Waals surface area contributed by atoms with Gasteiger partial charge in [-0.05, 0) is 23.3 Å². The predicted octanol–water partition coefficient (Wildman–Crippen LogP) is 2.34. The predicted molar refractivity (Wildman–Crippen MR) is 52.3 cm³/mol. The first kappa shape index (κ1) is 10.4. The fraction of sp³-hybridized carbons (Fsp3) is 0.182. The van der Waals surface area contributed by atoms with E-state index in [0.717, 1.165) is 5.56 Å². The summed E-state index contributed by atoms with van der Waals surface area (Å²) in [4.78, 5) is 10.8. The molecule has 0 bridgehead atoms. The minimum absolute atomic E-state index is 0.421. The van der Waals surface area contributed by atoms with E-state index in [2.05, 4.69) is 4.74 Å². The van der Waals surface area contributed by atoms with Gasteiger partial charge in [-0.1, -0.05) is 18.2 Å². The van der Waals surface area contributed by atoms with Crippen LogP contribution in [0.2, 0.25) is 0 Å². The first-order valence-corrected chi connectivity index (χ1v) is 4.17. The Morgan fingerprint density at radius 2 is 2.36 bits per heavy atom. The van der Waals surface area contributed by atoms with Gasteiger partial charge in [0.25, 0.3) is 0 Å². The van der Waals surface area contributed by atoms with E-state index >= 15 is 0 Å². The lowest BCUT2D eigenvalue weighted by Gasteiger charge is -1.96. The van der Waals surface area contributed by atoms with Crippen molar-refractivity contribution < 1.29 is 13.9 Å². The molecule has 3 heteroatoms. The highest BCUT2D eigenvalue weighted by Crippen LogP contribution is 2.08. The zero-order valence-corrected chi connectivity index (χ0v) is 7.87. The van der Waals surface area contributed by atoms with Crippen LogP contribution < -0.4 is 0 Å². The number of ether oxygens (including phenoxy) is 1. The summed E-state index contributed by atoms with van der Waals surface area (Å²) in [6.45, 7) is -0.500. The Morgan fingerprint density at radius 1 is 1.57 bits per heavy atom. The SMILES string of the molecule is COC(=O)C=Cc1cccc(CF)c1. The van der Waals surface area contributed by atoms with Crippen LogP contribution in [0.1, 0.15) is 11.1 Å². The molecule has 1 aromatic rings. The number of methoxy groups -OCH3 is 1. The fourth-order valence-corrected chi connectivity index (χ4v) is 1.01. The number of carbonyl (C=O) groups is 1. The smallest absolute Gasteiger partial charge is 0.330 e. The maximum absolute atomic E-state index is 12.3. The van der Waals surface area contributed by atoms with Gasteiger partial charge in [0.1, 0.15) is 6.67 Å². The number of carbonyl (C=O) groups excluding carboxylic acids is 1. The van der Waals surface area contributed by atoms with Gasteiger partial charge in [0.15, 0.2) is 0 Å². The van der Waals surface area contributed by atoms with Crippen molar-refractivity contribution in [1.29, 1.82) is 0 Å². The standard InChI is InChI=1S/C11H11FO2/c1-14-11(13)6-5-9-3-2-4-10(7-9)8-12/h2-7H,8H2,1H3. The highest BCUT2D eigenvalue weighted by Gasteiger charge is 1.94. The molecule has 1 rings (SSSR count). The number of esters is 1. The maximum atomic E-state index is 12.3. The summed E-state index contributed by atoms with van der Waals surface area (Å²) in [5.41, 5.74) is 1.38. The molecule has 0 aromatic heterocycles. The van der Waals surface area contributed by atoms with E-state index in [0.29, 0.717) is 5.56 Å². The van der Waals surface area contributed by atoms with Gasteiger partial charge in [-0.15, -0.1) is 0 Å². The second-order valence-electron chi connectivity index (χ2n) is 2.74. The molecule has 0 fully saturated rings. The van der Waals surface area contributed by atoms with Crippen LogP contribution in [0.3, 0.4) is 0 Å². The van der Waals surface area contributed by atoms with Gasteiger partial charge in [0.2, 0.25) is 0 Å². The van der Waals surface area contributed by atoms with Crippen molar-refractivity contribution in [3.8, 4) is 0 Å². The molecule has 0 N–H and O–H groups in total. The van der Waals surface area contributed by atoms with Crippen molar-refractivity contribution in [2.24, 2.45) is 0 Å². The summed E-state index contributed by atoms with van der Waals surface area (Å²) in [6.07, 6.45) is 2.89. The van der Waals surface area contributed by atoms with Crippen molar-refractivity contribution in [2.75, 3.05) is 7.11 Å². The molecule has 14 heavy (non-hydrogen) atoms. The lowest BCUT2D eigenvalue weighted by molar-refractivity contribution is -0.134. The van der Waals surface area contributed by atoms with E-state index in [-0.39, 0.29) is 0 Å². The van der Waals surface area contributed by atoms with Crippen LogP contribution in [0.5, 0.6) is 0 Å². The van der Waals surface area contributed by atoms with Crippen LogP contribution in [0.4, 0.5) is 4.39 Å². The summed E-state index contributed by atoms with van der Waals surface area (Å²) in [6, 6.07) is 6.90. The second-order valence-corrected chi connectivity index (χ2v) is 2.74. The van der Waals surface area contributed by atoms with Crippen LogP contribution in [0.15, 0.2) is 30.3 Å². The molecule has 0 saturated heterocycles. The molecule has 0 saturated carbocycles. The average molecular weight is 194 g/mol. The van der Waals surface area contributed by atoms with Gasteiger partial charge in [-0.2, -0.15) is 0 Å². The first-order valence-electron chi connectivity index (χ1n) is 4.17. The van der Waals surface area contributed by atoms with E-state index in [1.165, 1.54) is 13.2 Å². The molecule has 0 atom stereocenters. The number of rotatable bonds is 3. The van der Waals surface area contributed by atoms with Gasteiger partial charge >= 0.3 is 5.97 Å². The Morgan fingerprint density at radius 3 is 3.00 bits per heavy atom. The minimum atomic E-state index is -0.500. The highest BCUT2D eigenvalue weighted by molar-refractivity contribution is 5.86. The molecule has 0 heterocycles.